The van der Waals surface area contributed by atoms with Crippen molar-refractivity contribution in [3.8, 4) is 11.1 Å². The van der Waals surface area contributed by atoms with Crippen molar-refractivity contribution in [1.82, 2.24) is 9.97 Å². The number of nitrogens with zero attached hydrogens (tertiary/aromatic N) is 3. The summed E-state index contributed by atoms with van der Waals surface area (Å²) in [7, 11) is 0. The van der Waals surface area contributed by atoms with Crippen molar-refractivity contribution < 1.29 is 9.90 Å². The first-order valence-electron chi connectivity index (χ1n) is 8.54. The van der Waals surface area contributed by atoms with Gasteiger partial charge in [0.1, 0.15) is 11.0 Å². The Kier molecular flexibility index (Phi) is 4.64. The Hall–Kier alpha value is -3.12. The number of fused-ring (bicyclic) bond motifs is 1. The van der Waals surface area contributed by atoms with Crippen molar-refractivity contribution in [3.05, 3.63) is 71.1 Å². The predicted octanol–water partition coefficient (Wildman–Crippen LogP) is 3.93. The van der Waals surface area contributed by atoms with Crippen LogP contribution in [0.2, 0.25) is 5.15 Å². The number of carboxylic acids is 1. The lowest BCUT2D eigenvalue weighted by molar-refractivity contribution is 0.0697. The number of carbonyl (C=O) groups is 1. The second-order valence-corrected chi connectivity index (χ2v) is 6.63. The molecule has 0 spiro atoms. The van der Waals surface area contributed by atoms with Crippen LogP contribution in [0.15, 0.2) is 54.9 Å². The van der Waals surface area contributed by atoms with Gasteiger partial charge < -0.3 is 15.3 Å². The molecule has 7 heteroatoms. The van der Waals surface area contributed by atoms with Crippen LogP contribution in [0.25, 0.3) is 11.1 Å². The average molecular weight is 381 g/mol. The summed E-state index contributed by atoms with van der Waals surface area (Å²) in [5, 5.41) is 12.9. The summed E-state index contributed by atoms with van der Waals surface area (Å²) < 4.78 is 0. The van der Waals surface area contributed by atoms with Crippen molar-refractivity contribution in [1.29, 1.82) is 0 Å². The molecule has 0 saturated heterocycles. The van der Waals surface area contributed by atoms with Crippen LogP contribution >= 0.6 is 11.6 Å². The number of pyridine rings is 2. The summed E-state index contributed by atoms with van der Waals surface area (Å²) in [5.41, 5.74) is 4.06. The summed E-state index contributed by atoms with van der Waals surface area (Å²) in [6, 6.07) is 12.7. The van der Waals surface area contributed by atoms with Crippen molar-refractivity contribution in [2.75, 3.05) is 23.3 Å². The fourth-order valence-electron chi connectivity index (χ4n) is 3.13. The van der Waals surface area contributed by atoms with Crippen LogP contribution in [-0.4, -0.2) is 34.1 Å². The van der Waals surface area contributed by atoms with Gasteiger partial charge in [-0.15, -0.1) is 0 Å². The lowest BCUT2D eigenvalue weighted by Gasteiger charge is -2.31. The summed E-state index contributed by atoms with van der Waals surface area (Å²) >= 11 is 6.22. The molecule has 27 heavy (non-hydrogen) atoms. The topological polar surface area (TPSA) is 78.3 Å². The van der Waals surface area contributed by atoms with Gasteiger partial charge in [0.25, 0.3) is 0 Å². The Bertz CT molecular complexity index is 992. The van der Waals surface area contributed by atoms with Gasteiger partial charge in [-0.2, -0.15) is 0 Å². The first-order chi connectivity index (χ1) is 13.1. The number of aromatic carboxylic acids is 1. The molecule has 3 heterocycles. The quantitative estimate of drug-likeness (QED) is 0.668. The number of carboxylic acid groups (broad SMARTS) is 1. The molecule has 0 bridgehead atoms. The molecule has 0 fully saturated rings. The van der Waals surface area contributed by atoms with Crippen molar-refractivity contribution in [3.63, 3.8) is 0 Å². The molecule has 1 aliphatic rings. The Morgan fingerprint density at radius 3 is 2.74 bits per heavy atom. The summed E-state index contributed by atoms with van der Waals surface area (Å²) in [4.78, 5) is 22.0. The highest BCUT2D eigenvalue weighted by Crippen LogP contribution is 2.33. The molecule has 0 amide bonds. The number of hydrogen-bond donors (Lipinski definition) is 2. The highest BCUT2D eigenvalue weighted by atomic mass is 35.5. The number of anilines is 2. The van der Waals surface area contributed by atoms with Crippen LogP contribution in [0, 0.1) is 0 Å². The van der Waals surface area contributed by atoms with Gasteiger partial charge in [0.15, 0.2) is 0 Å². The van der Waals surface area contributed by atoms with E-state index in [1.54, 1.807) is 36.7 Å². The molecule has 1 aromatic carbocycles. The molecule has 1 aliphatic heterocycles. The van der Waals surface area contributed by atoms with E-state index in [4.69, 9.17) is 16.7 Å². The van der Waals surface area contributed by atoms with Crippen LogP contribution in [-0.2, 0) is 6.54 Å². The largest absolute Gasteiger partial charge is 0.478 e. The zero-order chi connectivity index (χ0) is 18.8. The summed E-state index contributed by atoms with van der Waals surface area (Å²) in [6.45, 7) is 2.26. The van der Waals surface area contributed by atoms with E-state index in [1.807, 2.05) is 12.1 Å². The molecule has 4 rings (SSSR count). The third-order valence-electron chi connectivity index (χ3n) is 4.55. The zero-order valence-corrected chi connectivity index (χ0v) is 15.1. The van der Waals surface area contributed by atoms with Gasteiger partial charge in [-0.05, 0) is 29.8 Å². The second-order valence-electron chi connectivity index (χ2n) is 6.28. The van der Waals surface area contributed by atoms with E-state index in [0.717, 1.165) is 41.3 Å². The molecule has 6 nitrogen and oxygen atoms in total. The molecule has 2 aromatic heterocycles. The van der Waals surface area contributed by atoms with E-state index >= 15 is 0 Å². The van der Waals surface area contributed by atoms with Gasteiger partial charge in [0, 0.05) is 43.2 Å². The molecule has 0 aliphatic carbocycles. The Morgan fingerprint density at radius 1 is 1.19 bits per heavy atom. The summed E-state index contributed by atoms with van der Waals surface area (Å²) in [6.07, 6.45) is 3.47. The molecule has 0 saturated carbocycles. The van der Waals surface area contributed by atoms with Crippen LogP contribution in [0.4, 0.5) is 11.5 Å². The van der Waals surface area contributed by atoms with E-state index in [1.165, 1.54) is 0 Å². The smallest absolute Gasteiger partial charge is 0.335 e. The molecule has 0 radical (unpaired) electrons. The fraction of sp³-hybridized carbons (Fsp3) is 0.150. The number of rotatable bonds is 4. The van der Waals surface area contributed by atoms with Crippen LogP contribution < -0.4 is 10.2 Å². The predicted molar refractivity (Wildman–Crippen MR) is 105 cm³/mol. The highest BCUT2D eigenvalue weighted by molar-refractivity contribution is 6.30. The second kappa shape index (κ2) is 7.25. The third-order valence-corrected chi connectivity index (χ3v) is 4.89. The van der Waals surface area contributed by atoms with Crippen molar-refractivity contribution >= 4 is 29.1 Å². The average Bonchev–Trinajstić information content (AvgIpc) is 2.70. The number of aromatic nitrogens is 2. The Labute approximate surface area is 161 Å². The normalized spacial score (nSPS) is 13.0. The molecule has 3 aromatic rings. The Morgan fingerprint density at radius 2 is 2.00 bits per heavy atom. The SMILES string of the molecule is O=C(O)c1ccc(-c2cnc3c(c2)N(Cc2cccnc2Cl)CCN3)cc1. The molecule has 0 unspecified atom stereocenters. The van der Waals surface area contributed by atoms with Gasteiger partial charge in [-0.25, -0.2) is 14.8 Å². The number of nitrogens with one attached hydrogen (secondary N) is 1. The maximum Gasteiger partial charge on any atom is 0.335 e. The van der Waals surface area contributed by atoms with E-state index in [-0.39, 0.29) is 5.56 Å². The molecular formula is C20H17ClN4O2. The third kappa shape index (κ3) is 3.57. The number of hydrogen-bond acceptors (Lipinski definition) is 5. The van der Waals surface area contributed by atoms with Crippen molar-refractivity contribution in [2.45, 2.75) is 6.54 Å². The minimum atomic E-state index is -0.936. The minimum Gasteiger partial charge on any atom is -0.478 e. The standard InChI is InChI=1S/C20H17ClN4O2/c21-18-15(2-1-7-22-18)12-25-9-8-23-19-17(25)10-16(11-24-19)13-3-5-14(6-4-13)20(26)27/h1-7,10-11H,8-9,12H2,(H,23,24)(H,26,27). The van der Waals surface area contributed by atoms with Gasteiger partial charge >= 0.3 is 5.97 Å². The maximum atomic E-state index is 11.0. The van der Waals surface area contributed by atoms with E-state index in [2.05, 4.69) is 26.3 Å². The lowest BCUT2D eigenvalue weighted by Crippen LogP contribution is -2.34. The molecular weight excluding hydrogens is 364 g/mol. The lowest BCUT2D eigenvalue weighted by atomic mass is 10.0. The fourth-order valence-corrected chi connectivity index (χ4v) is 3.31. The van der Waals surface area contributed by atoms with Crippen LogP contribution in [0.3, 0.4) is 0 Å². The van der Waals surface area contributed by atoms with Crippen molar-refractivity contribution in [2.24, 2.45) is 0 Å². The minimum absolute atomic E-state index is 0.263. The van der Waals surface area contributed by atoms with Crippen LogP contribution in [0.1, 0.15) is 15.9 Å². The summed E-state index contributed by atoms with van der Waals surface area (Å²) in [5.74, 6) is -0.110. The van der Waals surface area contributed by atoms with Gasteiger partial charge in [-0.3, -0.25) is 0 Å². The first kappa shape index (κ1) is 17.3. The monoisotopic (exact) mass is 380 g/mol. The van der Waals surface area contributed by atoms with E-state index in [9.17, 15) is 4.79 Å². The number of halogens is 1. The van der Waals surface area contributed by atoms with Crippen LogP contribution in [0.5, 0.6) is 0 Å². The van der Waals surface area contributed by atoms with E-state index < -0.39 is 5.97 Å². The molecule has 0 atom stereocenters. The zero-order valence-electron chi connectivity index (χ0n) is 14.4. The molecule has 136 valence electrons. The highest BCUT2D eigenvalue weighted by Gasteiger charge is 2.20. The van der Waals surface area contributed by atoms with E-state index in [0.29, 0.717) is 11.7 Å². The van der Waals surface area contributed by atoms with Gasteiger partial charge in [0.05, 0.1) is 11.3 Å². The Balaban J connectivity index is 1.66. The van der Waals surface area contributed by atoms with Gasteiger partial charge in [0.2, 0.25) is 0 Å². The molecule has 2 N–H and O–H groups in total. The maximum absolute atomic E-state index is 11.0. The van der Waals surface area contributed by atoms with Gasteiger partial charge in [-0.1, -0.05) is 29.8 Å². The number of benzene rings is 1. The first-order valence-corrected chi connectivity index (χ1v) is 8.91.